The summed E-state index contributed by atoms with van der Waals surface area (Å²) >= 11 is 0. The van der Waals surface area contributed by atoms with Gasteiger partial charge >= 0.3 is 0 Å². The lowest BCUT2D eigenvalue weighted by Gasteiger charge is -2.35. The number of benzene rings is 1. The highest BCUT2D eigenvalue weighted by atomic mass is 32.2. The predicted octanol–water partition coefficient (Wildman–Crippen LogP) is 1.69. The molecule has 1 atom stereocenters. The second-order valence-electron chi connectivity index (χ2n) is 5.21. The molecule has 0 aliphatic carbocycles. The van der Waals surface area contributed by atoms with Crippen LogP contribution in [0.5, 0.6) is 0 Å². The molecule has 0 amide bonds. The number of sulfone groups is 1. The van der Waals surface area contributed by atoms with E-state index in [9.17, 15) is 8.42 Å². The maximum Gasteiger partial charge on any atom is 0.177 e. The van der Waals surface area contributed by atoms with E-state index in [1.165, 1.54) is 6.26 Å². The minimum atomic E-state index is -3.20. The van der Waals surface area contributed by atoms with Crippen molar-refractivity contribution in [3.63, 3.8) is 0 Å². The lowest BCUT2D eigenvalue weighted by molar-refractivity contribution is 0.244. The number of aliphatic hydroxyl groups is 1. The number of hydrogen-bond donors (Lipinski definition) is 1. The molecule has 4 nitrogen and oxygen atoms in total. The quantitative estimate of drug-likeness (QED) is 0.913. The van der Waals surface area contributed by atoms with Crippen LogP contribution in [0.15, 0.2) is 29.2 Å². The smallest absolute Gasteiger partial charge is 0.177 e. The lowest BCUT2D eigenvalue weighted by atomic mass is 9.95. The number of hydrogen-bond acceptors (Lipinski definition) is 4. The van der Waals surface area contributed by atoms with E-state index in [2.05, 4.69) is 4.90 Å². The van der Waals surface area contributed by atoms with E-state index >= 15 is 0 Å². The average Bonchev–Trinajstić information content (AvgIpc) is 2.38. The van der Waals surface area contributed by atoms with Crippen molar-refractivity contribution in [1.82, 2.24) is 0 Å². The first-order chi connectivity index (χ1) is 9.02. The van der Waals surface area contributed by atoms with Crippen LogP contribution in [0.2, 0.25) is 0 Å². The third-order valence-corrected chi connectivity index (χ3v) is 4.81. The number of aliphatic hydroxyl groups excluding tert-OH is 1. The van der Waals surface area contributed by atoms with E-state index < -0.39 is 9.84 Å². The number of nitrogens with zero attached hydrogens (tertiary/aromatic N) is 1. The topological polar surface area (TPSA) is 57.6 Å². The van der Waals surface area contributed by atoms with Crippen LogP contribution in [0.25, 0.3) is 0 Å². The van der Waals surface area contributed by atoms with Crippen molar-refractivity contribution in [1.29, 1.82) is 0 Å². The summed E-state index contributed by atoms with van der Waals surface area (Å²) in [5, 5.41) is 9.04. The largest absolute Gasteiger partial charge is 0.396 e. The zero-order valence-corrected chi connectivity index (χ0v) is 12.1. The molecular weight excluding hydrogens is 262 g/mol. The van der Waals surface area contributed by atoms with E-state index in [4.69, 9.17) is 5.11 Å². The maximum atomic E-state index is 11.8. The molecule has 2 rings (SSSR count). The summed E-state index contributed by atoms with van der Waals surface area (Å²) in [6.07, 6.45) is 4.19. The van der Waals surface area contributed by atoms with Gasteiger partial charge in [0.15, 0.2) is 9.84 Å². The average molecular weight is 283 g/mol. The van der Waals surface area contributed by atoms with Crippen LogP contribution in [0.3, 0.4) is 0 Å². The Morgan fingerprint density at radius 2 is 2.11 bits per heavy atom. The summed E-state index contributed by atoms with van der Waals surface area (Å²) in [5.74, 6) is 0.450. The second kappa shape index (κ2) is 5.92. The minimum absolute atomic E-state index is 0.201. The van der Waals surface area contributed by atoms with E-state index in [1.807, 2.05) is 12.1 Å². The van der Waals surface area contributed by atoms with Crippen LogP contribution in [0.1, 0.15) is 19.3 Å². The summed E-state index contributed by atoms with van der Waals surface area (Å²) in [6, 6.07) is 7.17. The van der Waals surface area contributed by atoms with Gasteiger partial charge in [0.2, 0.25) is 0 Å². The molecule has 0 bridgehead atoms. The number of anilines is 1. The summed E-state index contributed by atoms with van der Waals surface area (Å²) in [4.78, 5) is 2.54. The normalized spacial score (nSPS) is 20.5. The highest BCUT2D eigenvalue weighted by molar-refractivity contribution is 7.90. The number of piperidine rings is 1. The molecule has 0 spiro atoms. The molecule has 1 heterocycles. The maximum absolute atomic E-state index is 11.8. The van der Waals surface area contributed by atoms with Gasteiger partial charge in [-0.3, -0.25) is 0 Å². The first-order valence-corrected chi connectivity index (χ1v) is 8.56. The van der Waals surface area contributed by atoms with Gasteiger partial charge in [0.05, 0.1) is 10.6 Å². The molecule has 1 N–H and O–H groups in total. The Labute approximate surface area is 115 Å². The fourth-order valence-electron chi connectivity index (χ4n) is 2.73. The molecule has 0 radical (unpaired) electrons. The standard InChI is InChI=1S/C14H21NO3S/c1-19(17,18)14-7-3-2-6-13(14)15-9-4-5-12(11-15)8-10-16/h2-3,6-7,12,16H,4-5,8-11H2,1H3. The first kappa shape index (κ1) is 14.3. The van der Waals surface area contributed by atoms with Gasteiger partial charge in [-0.15, -0.1) is 0 Å². The van der Waals surface area contributed by atoms with Gasteiger partial charge in [-0.1, -0.05) is 12.1 Å². The number of rotatable bonds is 4. The van der Waals surface area contributed by atoms with Crippen molar-refractivity contribution in [2.75, 3.05) is 30.9 Å². The van der Waals surface area contributed by atoms with E-state index in [0.29, 0.717) is 10.8 Å². The minimum Gasteiger partial charge on any atom is -0.396 e. The SMILES string of the molecule is CS(=O)(=O)c1ccccc1N1CCCC(CCO)C1. The molecule has 1 aromatic carbocycles. The molecular formula is C14H21NO3S. The number of para-hydroxylation sites is 1. The van der Waals surface area contributed by atoms with Gasteiger partial charge in [0, 0.05) is 26.0 Å². The second-order valence-corrected chi connectivity index (χ2v) is 7.19. The van der Waals surface area contributed by atoms with Crippen molar-refractivity contribution in [2.45, 2.75) is 24.2 Å². The van der Waals surface area contributed by atoms with Crippen molar-refractivity contribution in [3.05, 3.63) is 24.3 Å². The van der Waals surface area contributed by atoms with Crippen molar-refractivity contribution < 1.29 is 13.5 Å². The van der Waals surface area contributed by atoms with Crippen LogP contribution in [-0.2, 0) is 9.84 Å². The third kappa shape index (κ3) is 3.48. The van der Waals surface area contributed by atoms with E-state index in [0.717, 1.165) is 38.0 Å². The summed E-state index contributed by atoms with van der Waals surface area (Å²) in [6.45, 7) is 1.91. The van der Waals surface area contributed by atoms with E-state index in [-0.39, 0.29) is 6.61 Å². The fourth-order valence-corrected chi connectivity index (χ4v) is 3.64. The van der Waals surface area contributed by atoms with Crippen molar-refractivity contribution >= 4 is 15.5 Å². The molecule has 0 aromatic heterocycles. The van der Waals surface area contributed by atoms with E-state index in [1.54, 1.807) is 12.1 Å². The Morgan fingerprint density at radius 3 is 2.79 bits per heavy atom. The molecule has 1 saturated heterocycles. The molecule has 5 heteroatoms. The molecule has 1 fully saturated rings. The van der Waals surface area contributed by atoms with Gasteiger partial charge in [-0.25, -0.2) is 8.42 Å². The monoisotopic (exact) mass is 283 g/mol. The molecule has 1 aliphatic heterocycles. The van der Waals surface area contributed by atoms with Gasteiger partial charge in [-0.2, -0.15) is 0 Å². The Morgan fingerprint density at radius 1 is 1.37 bits per heavy atom. The third-order valence-electron chi connectivity index (χ3n) is 3.66. The first-order valence-electron chi connectivity index (χ1n) is 6.67. The predicted molar refractivity (Wildman–Crippen MR) is 76.2 cm³/mol. The Kier molecular flexibility index (Phi) is 4.47. The molecule has 19 heavy (non-hydrogen) atoms. The van der Waals surface area contributed by atoms with Gasteiger partial charge in [0.1, 0.15) is 0 Å². The Hall–Kier alpha value is -1.07. The zero-order valence-electron chi connectivity index (χ0n) is 11.2. The van der Waals surface area contributed by atoms with Crippen LogP contribution < -0.4 is 4.90 Å². The molecule has 1 unspecified atom stereocenters. The van der Waals surface area contributed by atoms with Gasteiger partial charge in [0.25, 0.3) is 0 Å². The van der Waals surface area contributed by atoms with Crippen LogP contribution in [0.4, 0.5) is 5.69 Å². The zero-order chi connectivity index (χ0) is 13.9. The Bertz CT molecular complexity index is 525. The molecule has 1 aliphatic rings. The highest BCUT2D eigenvalue weighted by Crippen LogP contribution is 2.29. The lowest BCUT2D eigenvalue weighted by Crippen LogP contribution is -2.36. The van der Waals surface area contributed by atoms with Crippen molar-refractivity contribution in [2.24, 2.45) is 5.92 Å². The highest BCUT2D eigenvalue weighted by Gasteiger charge is 2.23. The molecule has 0 saturated carbocycles. The summed E-state index contributed by atoms with van der Waals surface area (Å²) in [7, 11) is -3.20. The summed E-state index contributed by atoms with van der Waals surface area (Å²) < 4.78 is 23.7. The summed E-state index contributed by atoms with van der Waals surface area (Å²) in [5.41, 5.74) is 0.799. The molecule has 106 valence electrons. The van der Waals surface area contributed by atoms with Gasteiger partial charge in [-0.05, 0) is 37.3 Å². The van der Waals surface area contributed by atoms with Crippen LogP contribution in [0, 0.1) is 5.92 Å². The molecule has 1 aromatic rings. The van der Waals surface area contributed by atoms with Crippen LogP contribution >= 0.6 is 0 Å². The van der Waals surface area contributed by atoms with Gasteiger partial charge < -0.3 is 10.0 Å². The van der Waals surface area contributed by atoms with Crippen molar-refractivity contribution in [3.8, 4) is 0 Å². The fraction of sp³-hybridized carbons (Fsp3) is 0.571. The van der Waals surface area contributed by atoms with Crippen LogP contribution in [-0.4, -0.2) is 39.5 Å². The Balaban J connectivity index is 2.27.